The standard InChI is InChI=1S/C12H24O6/c1-3-14-5-6-16-7-8-17-11-12(13)18-10-9-15-4-2/h3-11H2,1-2H3. The number of carbonyl (C=O) groups excluding carboxylic acids is 1. The van der Waals surface area contributed by atoms with Gasteiger partial charge < -0.3 is 23.7 Å². The Morgan fingerprint density at radius 1 is 0.722 bits per heavy atom. The minimum Gasteiger partial charge on any atom is -0.462 e. The maximum absolute atomic E-state index is 11.1. The Kier molecular flexibility index (Phi) is 13.8. The lowest BCUT2D eigenvalue weighted by molar-refractivity contribution is -0.151. The van der Waals surface area contributed by atoms with Crippen molar-refractivity contribution < 1.29 is 28.5 Å². The van der Waals surface area contributed by atoms with Crippen molar-refractivity contribution >= 4 is 5.97 Å². The van der Waals surface area contributed by atoms with Crippen LogP contribution in [0.1, 0.15) is 13.8 Å². The van der Waals surface area contributed by atoms with Crippen molar-refractivity contribution in [3.63, 3.8) is 0 Å². The van der Waals surface area contributed by atoms with Crippen LogP contribution in [0.15, 0.2) is 0 Å². The zero-order valence-corrected chi connectivity index (χ0v) is 11.3. The monoisotopic (exact) mass is 264 g/mol. The molecule has 0 atom stereocenters. The first-order valence-corrected chi connectivity index (χ1v) is 6.27. The molecule has 0 saturated heterocycles. The maximum atomic E-state index is 11.1. The van der Waals surface area contributed by atoms with Crippen molar-refractivity contribution in [1.82, 2.24) is 0 Å². The summed E-state index contributed by atoms with van der Waals surface area (Å²) in [6.07, 6.45) is 0. The molecular formula is C12H24O6. The average molecular weight is 264 g/mol. The van der Waals surface area contributed by atoms with E-state index in [1.807, 2.05) is 13.8 Å². The largest absolute Gasteiger partial charge is 0.462 e. The SMILES string of the molecule is CCOCCOCCOCC(=O)OCCOCC. The fourth-order valence-electron chi connectivity index (χ4n) is 1.04. The van der Waals surface area contributed by atoms with E-state index in [1.165, 1.54) is 0 Å². The van der Waals surface area contributed by atoms with Crippen LogP contribution in [0.4, 0.5) is 0 Å². The Bertz CT molecular complexity index is 185. The first kappa shape index (κ1) is 17.3. The molecule has 0 aliphatic heterocycles. The van der Waals surface area contributed by atoms with E-state index in [0.29, 0.717) is 46.2 Å². The summed E-state index contributed by atoms with van der Waals surface area (Å²) in [7, 11) is 0. The minimum absolute atomic E-state index is 0.0546. The number of rotatable bonds is 13. The minimum atomic E-state index is -0.385. The van der Waals surface area contributed by atoms with Gasteiger partial charge in [0.2, 0.25) is 0 Å². The molecule has 18 heavy (non-hydrogen) atoms. The van der Waals surface area contributed by atoms with E-state index in [9.17, 15) is 4.79 Å². The van der Waals surface area contributed by atoms with Gasteiger partial charge in [0.05, 0.1) is 33.0 Å². The van der Waals surface area contributed by atoms with Crippen molar-refractivity contribution in [1.29, 1.82) is 0 Å². The summed E-state index contributed by atoms with van der Waals surface area (Å²) in [6, 6.07) is 0. The molecule has 0 aromatic rings. The van der Waals surface area contributed by atoms with E-state index in [1.54, 1.807) is 0 Å². The van der Waals surface area contributed by atoms with Gasteiger partial charge in [-0.05, 0) is 13.8 Å². The second-order valence-corrected chi connectivity index (χ2v) is 3.28. The topological polar surface area (TPSA) is 63.2 Å². The molecule has 0 unspecified atom stereocenters. The Morgan fingerprint density at radius 3 is 1.83 bits per heavy atom. The Labute approximate surface area is 108 Å². The molecule has 0 saturated carbocycles. The second-order valence-electron chi connectivity index (χ2n) is 3.28. The summed E-state index contributed by atoms with van der Waals surface area (Å²) in [5.74, 6) is -0.385. The zero-order chi connectivity index (χ0) is 13.5. The molecule has 6 nitrogen and oxygen atoms in total. The third-order valence-electron chi connectivity index (χ3n) is 1.86. The lowest BCUT2D eigenvalue weighted by atomic mass is 10.6. The zero-order valence-electron chi connectivity index (χ0n) is 11.3. The van der Waals surface area contributed by atoms with Gasteiger partial charge in [-0.3, -0.25) is 0 Å². The van der Waals surface area contributed by atoms with E-state index in [2.05, 4.69) is 0 Å². The van der Waals surface area contributed by atoms with Gasteiger partial charge in [-0.25, -0.2) is 4.79 Å². The fraction of sp³-hybridized carbons (Fsp3) is 0.917. The highest BCUT2D eigenvalue weighted by Gasteiger charge is 2.02. The lowest BCUT2D eigenvalue weighted by Crippen LogP contribution is -2.18. The van der Waals surface area contributed by atoms with Gasteiger partial charge in [-0.2, -0.15) is 0 Å². The summed E-state index contributed by atoms with van der Waals surface area (Å²) < 4.78 is 25.3. The molecule has 0 bridgehead atoms. The number of hydrogen-bond acceptors (Lipinski definition) is 6. The molecule has 0 aliphatic carbocycles. The number of carbonyl (C=O) groups is 1. The average Bonchev–Trinajstić information content (AvgIpc) is 2.38. The van der Waals surface area contributed by atoms with Crippen LogP contribution in [-0.4, -0.2) is 65.4 Å². The van der Waals surface area contributed by atoms with Gasteiger partial charge in [0.15, 0.2) is 0 Å². The van der Waals surface area contributed by atoms with E-state index in [4.69, 9.17) is 23.7 Å². The van der Waals surface area contributed by atoms with E-state index < -0.39 is 0 Å². The summed E-state index contributed by atoms with van der Waals surface area (Å²) in [6.45, 7) is 7.68. The summed E-state index contributed by atoms with van der Waals surface area (Å²) in [5.41, 5.74) is 0. The van der Waals surface area contributed by atoms with Crippen molar-refractivity contribution in [2.45, 2.75) is 13.8 Å². The summed E-state index contributed by atoms with van der Waals surface area (Å²) in [4.78, 5) is 11.1. The van der Waals surface area contributed by atoms with Crippen molar-refractivity contribution in [2.24, 2.45) is 0 Å². The predicted octanol–water partition coefficient (Wildman–Crippen LogP) is 0.636. The molecule has 0 aromatic carbocycles. The van der Waals surface area contributed by atoms with Crippen LogP contribution < -0.4 is 0 Å². The highest BCUT2D eigenvalue weighted by Crippen LogP contribution is 1.85. The van der Waals surface area contributed by atoms with Gasteiger partial charge in [0, 0.05) is 13.2 Å². The van der Waals surface area contributed by atoms with Crippen molar-refractivity contribution in [3.8, 4) is 0 Å². The molecule has 0 spiro atoms. The van der Waals surface area contributed by atoms with E-state index in [-0.39, 0.29) is 19.2 Å². The maximum Gasteiger partial charge on any atom is 0.332 e. The van der Waals surface area contributed by atoms with E-state index in [0.717, 1.165) is 0 Å². The molecule has 6 heteroatoms. The van der Waals surface area contributed by atoms with Crippen LogP contribution in [0.5, 0.6) is 0 Å². The second kappa shape index (κ2) is 14.4. The van der Waals surface area contributed by atoms with E-state index >= 15 is 0 Å². The molecule has 0 rings (SSSR count). The molecule has 0 fully saturated rings. The van der Waals surface area contributed by atoms with Crippen molar-refractivity contribution in [2.75, 3.05) is 59.5 Å². The van der Waals surface area contributed by atoms with Crippen LogP contribution in [0.2, 0.25) is 0 Å². The Morgan fingerprint density at radius 2 is 1.22 bits per heavy atom. The smallest absolute Gasteiger partial charge is 0.332 e. The van der Waals surface area contributed by atoms with Gasteiger partial charge in [-0.15, -0.1) is 0 Å². The highest BCUT2D eigenvalue weighted by molar-refractivity contribution is 5.70. The quantitative estimate of drug-likeness (QED) is 0.359. The van der Waals surface area contributed by atoms with Crippen LogP contribution in [-0.2, 0) is 28.5 Å². The van der Waals surface area contributed by atoms with Crippen LogP contribution in [0.25, 0.3) is 0 Å². The lowest BCUT2D eigenvalue weighted by Gasteiger charge is -2.06. The molecule has 108 valence electrons. The first-order chi connectivity index (χ1) is 8.81. The predicted molar refractivity (Wildman–Crippen MR) is 65.6 cm³/mol. The number of hydrogen-bond donors (Lipinski definition) is 0. The summed E-state index contributed by atoms with van der Waals surface area (Å²) in [5, 5.41) is 0. The van der Waals surface area contributed by atoms with Gasteiger partial charge in [0.25, 0.3) is 0 Å². The Hall–Kier alpha value is -0.690. The van der Waals surface area contributed by atoms with Gasteiger partial charge in [0.1, 0.15) is 13.2 Å². The number of ether oxygens (including phenoxy) is 5. The van der Waals surface area contributed by atoms with Crippen molar-refractivity contribution in [3.05, 3.63) is 0 Å². The van der Waals surface area contributed by atoms with Gasteiger partial charge >= 0.3 is 5.97 Å². The molecule has 0 heterocycles. The first-order valence-electron chi connectivity index (χ1n) is 6.27. The third-order valence-corrected chi connectivity index (χ3v) is 1.86. The fourth-order valence-corrected chi connectivity index (χ4v) is 1.04. The molecule has 0 aromatic heterocycles. The third kappa shape index (κ3) is 13.4. The van der Waals surface area contributed by atoms with Crippen LogP contribution in [0, 0.1) is 0 Å². The van der Waals surface area contributed by atoms with Crippen LogP contribution >= 0.6 is 0 Å². The Balaban J connectivity index is 3.10. The number of esters is 1. The molecule has 0 amide bonds. The highest BCUT2D eigenvalue weighted by atomic mass is 16.6. The molecule has 0 radical (unpaired) electrons. The van der Waals surface area contributed by atoms with Crippen LogP contribution in [0.3, 0.4) is 0 Å². The normalized spacial score (nSPS) is 10.6. The molecule has 0 N–H and O–H groups in total. The van der Waals surface area contributed by atoms with Gasteiger partial charge in [-0.1, -0.05) is 0 Å². The molecule has 0 aliphatic rings. The summed E-state index contributed by atoms with van der Waals surface area (Å²) >= 11 is 0. The molecular weight excluding hydrogens is 240 g/mol.